The van der Waals surface area contributed by atoms with Crippen LogP contribution in [0.25, 0.3) is 0 Å². The first-order valence-electron chi connectivity index (χ1n) is 24.8. The van der Waals surface area contributed by atoms with Gasteiger partial charge in [-0.1, -0.05) is 49.8 Å². The monoisotopic (exact) mass is 1040 g/mol. The van der Waals surface area contributed by atoms with Crippen molar-refractivity contribution in [3.8, 4) is 0 Å². The first-order valence-corrected chi connectivity index (χ1v) is 24.8. The number of rotatable bonds is 14. The molecule has 1 aromatic carbocycles. The summed E-state index contributed by atoms with van der Waals surface area (Å²) in [6, 6.07) is 6.35. The molecule has 74 heavy (non-hydrogen) atoms. The molecule has 5 rings (SSSR count). The number of Topliss-reactive ketones (excluding diaryl/α,β-unsaturated/α-hetero) is 1. The average Bonchev–Trinajstić information content (AvgIpc) is 3.26. The number of benzene rings is 1. The van der Waals surface area contributed by atoms with Gasteiger partial charge >= 0.3 is 36.1 Å². The zero-order valence-electron chi connectivity index (χ0n) is 44.9. The third kappa shape index (κ3) is 12.2. The molecule has 3 aliphatic carbocycles. The zero-order valence-corrected chi connectivity index (χ0v) is 44.9. The van der Waals surface area contributed by atoms with Gasteiger partial charge in [-0.3, -0.25) is 19.2 Å². The summed E-state index contributed by atoms with van der Waals surface area (Å²) in [7, 11) is 0. The summed E-state index contributed by atoms with van der Waals surface area (Å²) < 4.78 is 41.0. The molecule has 2 bridgehead atoms. The number of fused-ring (bicyclic) bond motifs is 5. The Morgan fingerprint density at radius 3 is 2.00 bits per heavy atom. The van der Waals surface area contributed by atoms with Crippen LogP contribution in [0.1, 0.15) is 133 Å². The zero-order chi connectivity index (χ0) is 55.7. The van der Waals surface area contributed by atoms with E-state index in [1.54, 1.807) is 73.6 Å². The molecule has 4 N–H and O–H groups in total. The van der Waals surface area contributed by atoms with E-state index in [0.29, 0.717) is 5.57 Å². The van der Waals surface area contributed by atoms with E-state index in [2.05, 4.69) is 5.32 Å². The van der Waals surface area contributed by atoms with E-state index in [1.165, 1.54) is 52.0 Å². The van der Waals surface area contributed by atoms with Crippen molar-refractivity contribution in [1.29, 1.82) is 0 Å². The molecule has 1 aliphatic heterocycles. The van der Waals surface area contributed by atoms with Crippen molar-refractivity contribution >= 4 is 47.8 Å². The molecule has 1 saturated heterocycles. The van der Waals surface area contributed by atoms with Gasteiger partial charge in [-0.25, -0.2) is 24.1 Å². The molecule has 1 unspecified atom stereocenters. The van der Waals surface area contributed by atoms with Gasteiger partial charge in [0.15, 0.2) is 23.6 Å². The number of hydrogen-bond acceptors (Lipinski definition) is 18. The van der Waals surface area contributed by atoms with Crippen LogP contribution < -0.4 is 5.32 Å². The normalized spacial score (nSPS) is 29.0. The molecule has 3 amide bonds. The highest BCUT2D eigenvalue weighted by atomic mass is 16.6. The van der Waals surface area contributed by atoms with Crippen LogP contribution in [0.3, 0.4) is 0 Å². The van der Waals surface area contributed by atoms with Crippen LogP contribution in [0.5, 0.6) is 0 Å². The van der Waals surface area contributed by atoms with Gasteiger partial charge in [-0.15, -0.1) is 0 Å². The van der Waals surface area contributed by atoms with Crippen LogP contribution in [0.4, 0.5) is 9.59 Å². The summed E-state index contributed by atoms with van der Waals surface area (Å²) in [5.74, 6) is -7.21. The second-order valence-electron chi connectivity index (χ2n) is 22.6. The van der Waals surface area contributed by atoms with Gasteiger partial charge in [-0.2, -0.15) is 0 Å². The van der Waals surface area contributed by atoms with Crippen LogP contribution in [0.15, 0.2) is 65.3 Å². The molecule has 0 spiro atoms. The molecule has 1 heterocycles. The smallest absolute Gasteiger partial charge is 0.419 e. The third-order valence-corrected chi connectivity index (χ3v) is 14.1. The lowest BCUT2D eigenvalue weighted by atomic mass is 9.44. The summed E-state index contributed by atoms with van der Waals surface area (Å²) in [4.78, 5) is 110. The predicted molar refractivity (Wildman–Crippen MR) is 264 cm³/mol. The second-order valence-corrected chi connectivity index (χ2v) is 22.6. The minimum absolute atomic E-state index is 0.0418. The van der Waals surface area contributed by atoms with Crippen LogP contribution >= 0.6 is 0 Å². The Hall–Kier alpha value is -5.96. The lowest BCUT2D eigenvalue weighted by Gasteiger charge is -2.67. The van der Waals surface area contributed by atoms with Crippen molar-refractivity contribution in [3.05, 3.63) is 70.8 Å². The third-order valence-electron chi connectivity index (χ3n) is 14.1. The summed E-state index contributed by atoms with van der Waals surface area (Å²) in [5.41, 5.74) is -9.14. The summed E-state index contributed by atoms with van der Waals surface area (Å²) in [6.45, 7) is 20.9. The maximum absolute atomic E-state index is 15.5. The highest BCUT2D eigenvalue weighted by molar-refractivity contribution is 5.96. The fraction of sp³-hybridized carbons (Fsp3) is 0.630. The number of carbonyl (C=O) groups is 8. The number of esters is 4. The van der Waals surface area contributed by atoms with Gasteiger partial charge < -0.3 is 53.8 Å². The molecule has 1 aromatic rings. The van der Waals surface area contributed by atoms with Crippen LogP contribution in [0.2, 0.25) is 0 Å². The van der Waals surface area contributed by atoms with Gasteiger partial charge in [0.2, 0.25) is 5.91 Å². The number of amides is 3. The summed E-state index contributed by atoms with van der Waals surface area (Å²) >= 11 is 0. The quantitative estimate of drug-likeness (QED) is 0.0586. The molecule has 4 aliphatic rings. The molecule has 3 fully saturated rings. The largest absolute Gasteiger partial charge is 0.456 e. The van der Waals surface area contributed by atoms with E-state index in [4.69, 9.17) is 33.2 Å². The Labute approximate surface area is 432 Å². The minimum atomic E-state index is -2.44. The molecular weight excluding hydrogens is 965 g/mol. The van der Waals surface area contributed by atoms with Crippen LogP contribution in [0, 0.1) is 16.7 Å². The number of carbonyl (C=O) groups excluding carboxylic acids is 8. The number of ketones is 1. The lowest BCUT2D eigenvalue weighted by molar-refractivity contribution is -0.346. The van der Waals surface area contributed by atoms with E-state index in [-0.39, 0.29) is 49.1 Å². The molecule has 2 saturated carbocycles. The maximum Gasteiger partial charge on any atom is 0.419 e. The molecule has 0 radical (unpaired) electrons. The molecule has 11 atom stereocenters. The molecular formula is C54H74N2O18. The molecule has 0 aromatic heterocycles. The van der Waals surface area contributed by atoms with E-state index in [9.17, 15) is 48.9 Å². The fourth-order valence-electron chi connectivity index (χ4n) is 10.6. The number of aliphatic hydroxyl groups excluding tert-OH is 2. The summed E-state index contributed by atoms with van der Waals surface area (Å²) in [6.07, 6.45) is -8.24. The SMILES string of the molecule is CC(=O)O[C@H]1C(=O)[C@]2(C)[C@@H](O)CC3OC[C@@]3(OC(C)=O)[C@H]2[C@H](OC(=O)c2ccccc2)[C@]2(O)C[C@H](OC(=O)[C@H](O)[C@H](C=C(C)C)NC(=O)/C=C/CCCN(C(=O)OC(C)(C)C)C(=O)OC(C)(C)C)C(C)=C1C2(C)C. The van der Waals surface area contributed by atoms with E-state index in [0.717, 1.165) is 24.8 Å². The Bertz CT molecular complexity index is 2420. The van der Waals surface area contributed by atoms with Gasteiger partial charge in [0.05, 0.1) is 35.6 Å². The first kappa shape index (κ1) is 58.9. The number of aliphatic hydroxyl groups is 3. The highest BCUT2D eigenvalue weighted by Crippen LogP contribution is 2.64. The topological polar surface area (TPSA) is 277 Å². The maximum atomic E-state index is 15.5. The van der Waals surface area contributed by atoms with E-state index >= 15 is 4.79 Å². The highest BCUT2D eigenvalue weighted by Gasteiger charge is 2.78. The molecule has 20 heteroatoms. The Balaban J connectivity index is 1.50. The van der Waals surface area contributed by atoms with Crippen molar-refractivity contribution in [2.24, 2.45) is 16.7 Å². The summed E-state index contributed by atoms with van der Waals surface area (Å²) in [5, 5.41) is 40.1. The Morgan fingerprint density at radius 1 is 0.892 bits per heavy atom. The minimum Gasteiger partial charge on any atom is -0.456 e. The van der Waals surface area contributed by atoms with Gasteiger partial charge in [0.1, 0.15) is 35.1 Å². The first-order chi connectivity index (χ1) is 34.1. The number of unbranched alkanes of at least 4 members (excludes halogenated alkanes) is 1. The number of allylic oxidation sites excluding steroid dienone is 2. The van der Waals surface area contributed by atoms with Gasteiger partial charge in [-0.05, 0) is 111 Å². The molecule has 20 nitrogen and oxygen atoms in total. The number of nitrogens with zero attached hydrogens (tertiary/aromatic N) is 1. The van der Waals surface area contributed by atoms with Crippen molar-refractivity contribution in [2.45, 2.75) is 188 Å². The van der Waals surface area contributed by atoms with Crippen molar-refractivity contribution in [3.63, 3.8) is 0 Å². The number of imide groups is 1. The van der Waals surface area contributed by atoms with Gasteiger partial charge in [0.25, 0.3) is 0 Å². The van der Waals surface area contributed by atoms with E-state index in [1.807, 2.05) is 0 Å². The van der Waals surface area contributed by atoms with Crippen molar-refractivity contribution < 1.29 is 86.8 Å². The van der Waals surface area contributed by atoms with Crippen molar-refractivity contribution in [2.75, 3.05) is 13.2 Å². The second kappa shape index (κ2) is 22.1. The Kier molecular flexibility index (Phi) is 17.6. The molecule has 408 valence electrons. The lowest BCUT2D eigenvalue weighted by Crippen LogP contribution is -2.82. The number of ether oxygens (including phenoxy) is 7. The Morgan fingerprint density at radius 2 is 1.49 bits per heavy atom. The standard InChI is InChI=1S/C54H74N2O18/c1-29(2)25-34(55-38(60)23-19-16-20-24-56(47(65)73-49(6,7)8)48(66)74-50(9,10)11)40(61)46(64)70-35-27-54(67)44(71-45(63)33-21-17-15-18-22-33)42-52(14,36(59)26-37-53(42,28-68-37)72-32(5)58)43(62)41(69-31(4)57)39(30(35)3)51(54,12)13/h15,17-19,21-23,25,34-37,40-42,44,59,61,67H,16,20,24,26-28H2,1-14H3,(H,55,60)/b23-19+/t34-,35-,36-,37?,40+,41+,42-,44-,52+,53-,54+/m0/s1. The predicted octanol–water partition coefficient (Wildman–Crippen LogP) is 5.52. The van der Waals surface area contributed by atoms with Crippen LogP contribution in [-0.2, 0) is 57.1 Å². The average molecular weight is 1040 g/mol. The van der Waals surface area contributed by atoms with E-state index < -0.39 is 136 Å². The number of nitrogens with one attached hydrogen (secondary N) is 1. The van der Waals surface area contributed by atoms with Crippen LogP contribution in [-0.4, -0.2) is 146 Å². The fourth-order valence-corrected chi connectivity index (χ4v) is 10.6. The number of hydrogen-bond donors (Lipinski definition) is 4. The van der Waals surface area contributed by atoms with Gasteiger partial charge in [0, 0.05) is 38.6 Å². The van der Waals surface area contributed by atoms with Crippen molar-refractivity contribution in [1.82, 2.24) is 10.2 Å².